The fourth-order valence-corrected chi connectivity index (χ4v) is 7.82. The highest BCUT2D eigenvalue weighted by molar-refractivity contribution is 9.10. The number of benzene rings is 2. The van der Waals surface area contributed by atoms with Crippen molar-refractivity contribution in [1.29, 1.82) is 5.26 Å². The molecular formula is C51H46BrN5O4. The molecule has 0 unspecified atom stereocenters. The van der Waals surface area contributed by atoms with Crippen LogP contribution >= 0.6 is 15.9 Å². The molecule has 0 atom stereocenters. The number of halogens is 1. The molecule has 8 rings (SSSR count). The van der Waals surface area contributed by atoms with Gasteiger partial charge in [-0.1, -0.05) is 47.6 Å². The Kier molecular flexibility index (Phi) is 15.1. The highest BCUT2D eigenvalue weighted by atomic mass is 79.9. The van der Waals surface area contributed by atoms with Gasteiger partial charge in [-0.2, -0.15) is 5.26 Å². The minimum atomic E-state index is 0.187. The minimum absolute atomic E-state index is 0.187. The minimum Gasteiger partial charge on any atom is -0.439 e. The molecule has 0 saturated heterocycles. The number of ketones is 2. The van der Waals surface area contributed by atoms with Crippen LogP contribution in [0.15, 0.2) is 150 Å². The summed E-state index contributed by atoms with van der Waals surface area (Å²) >= 11 is 3.38. The first-order valence-corrected chi connectivity index (χ1v) is 21.4. The van der Waals surface area contributed by atoms with Crippen LogP contribution in [-0.4, -0.2) is 31.5 Å². The van der Waals surface area contributed by atoms with E-state index in [1.54, 1.807) is 43.1 Å². The number of allylic oxidation sites excluding steroid dienone is 2. The van der Waals surface area contributed by atoms with Gasteiger partial charge in [-0.15, -0.1) is 0 Å². The van der Waals surface area contributed by atoms with Crippen molar-refractivity contribution in [2.24, 2.45) is 11.8 Å². The molecule has 0 amide bonds. The van der Waals surface area contributed by atoms with E-state index in [2.05, 4.69) is 60.2 Å². The monoisotopic (exact) mass is 871 g/mol. The molecule has 2 aliphatic rings. The van der Waals surface area contributed by atoms with E-state index >= 15 is 0 Å². The lowest BCUT2D eigenvalue weighted by molar-refractivity contribution is 0.0945. The van der Waals surface area contributed by atoms with Crippen LogP contribution in [0.2, 0.25) is 0 Å². The molecule has 0 radical (unpaired) electrons. The Morgan fingerprint density at radius 3 is 1.52 bits per heavy atom. The van der Waals surface area contributed by atoms with E-state index in [0.29, 0.717) is 53.3 Å². The van der Waals surface area contributed by atoms with Crippen LogP contribution in [-0.2, 0) is 0 Å². The van der Waals surface area contributed by atoms with Crippen LogP contribution in [0.1, 0.15) is 102 Å². The molecule has 0 aliphatic heterocycles. The summed E-state index contributed by atoms with van der Waals surface area (Å²) in [4.78, 5) is 41.3. The molecule has 0 N–H and O–H groups in total. The molecule has 4 heterocycles. The van der Waals surface area contributed by atoms with Gasteiger partial charge in [0.1, 0.15) is 17.6 Å². The number of nitriles is 1. The van der Waals surface area contributed by atoms with Crippen molar-refractivity contribution in [3.8, 4) is 29.3 Å². The van der Waals surface area contributed by atoms with Gasteiger partial charge >= 0.3 is 0 Å². The Balaban J connectivity index is 0.000000184. The number of rotatable bonds is 12. The standard InChI is InChI=1S/C26H23N3O2.C25H23BrN2O2/c27-16-22-10-11-26(29-17-22)31-24-5-1-3-21(14-24)13-19-6-8-20(9-7-19)15-25(30)23-4-2-12-28-18-23;26-22-10-11-25(28-17-22)30-23-5-1-3-20(14-23)13-18-6-8-19(9-7-18)15-24(29)21-4-2-12-27-16-21/h1-5,10-14,17-18,20H,6-9,15H2;1-5,10-14,16-17,19H,6-9,15H2. The van der Waals surface area contributed by atoms with Gasteiger partial charge in [-0.05, 0) is 151 Å². The van der Waals surface area contributed by atoms with E-state index in [0.717, 1.165) is 78.3 Å². The number of ether oxygens (including phenoxy) is 2. The third-order valence-corrected chi connectivity index (χ3v) is 11.3. The molecule has 2 saturated carbocycles. The van der Waals surface area contributed by atoms with Crippen LogP contribution < -0.4 is 9.47 Å². The molecule has 2 aromatic carbocycles. The Morgan fingerprint density at radius 1 is 0.623 bits per heavy atom. The Morgan fingerprint density at radius 2 is 1.11 bits per heavy atom. The second-order valence-corrected chi connectivity index (χ2v) is 16.3. The molecular weight excluding hydrogens is 826 g/mol. The van der Waals surface area contributed by atoms with Crippen LogP contribution in [0.3, 0.4) is 0 Å². The number of aromatic nitrogens is 4. The summed E-state index contributed by atoms with van der Waals surface area (Å²) in [6.07, 6.45) is 23.8. The zero-order valence-electron chi connectivity index (χ0n) is 33.8. The molecule has 306 valence electrons. The lowest BCUT2D eigenvalue weighted by Crippen LogP contribution is -2.13. The first-order valence-electron chi connectivity index (χ1n) is 20.6. The lowest BCUT2D eigenvalue weighted by Gasteiger charge is -2.23. The van der Waals surface area contributed by atoms with Crippen molar-refractivity contribution in [3.05, 3.63) is 178 Å². The molecule has 0 bridgehead atoms. The Labute approximate surface area is 365 Å². The molecule has 61 heavy (non-hydrogen) atoms. The zero-order valence-corrected chi connectivity index (χ0v) is 35.4. The highest BCUT2D eigenvalue weighted by Crippen LogP contribution is 2.34. The molecule has 9 nitrogen and oxygen atoms in total. The van der Waals surface area contributed by atoms with E-state index in [1.165, 1.54) is 17.3 Å². The van der Waals surface area contributed by atoms with Gasteiger partial charge in [0.25, 0.3) is 0 Å². The Hall–Kier alpha value is -6.57. The number of nitrogens with zero attached hydrogens (tertiary/aromatic N) is 5. The molecule has 0 spiro atoms. The summed E-state index contributed by atoms with van der Waals surface area (Å²) in [7, 11) is 0. The average Bonchev–Trinajstić information content (AvgIpc) is 3.30. The van der Waals surface area contributed by atoms with Gasteiger partial charge in [0.2, 0.25) is 11.8 Å². The first-order chi connectivity index (χ1) is 29.8. The van der Waals surface area contributed by atoms with E-state index in [-0.39, 0.29) is 11.6 Å². The maximum absolute atomic E-state index is 12.4. The number of carbonyl (C=O) groups is 2. The summed E-state index contributed by atoms with van der Waals surface area (Å²) in [6.45, 7) is 0. The zero-order chi connectivity index (χ0) is 42.2. The van der Waals surface area contributed by atoms with E-state index in [1.807, 2.05) is 78.9 Å². The summed E-state index contributed by atoms with van der Waals surface area (Å²) in [5.41, 5.74) is 6.98. The average molecular weight is 873 g/mol. The smallest absolute Gasteiger partial charge is 0.219 e. The van der Waals surface area contributed by atoms with Gasteiger partial charge in [-0.25, -0.2) is 9.97 Å². The van der Waals surface area contributed by atoms with Crippen LogP contribution in [0.5, 0.6) is 23.3 Å². The lowest BCUT2D eigenvalue weighted by atomic mass is 9.82. The highest BCUT2D eigenvalue weighted by Gasteiger charge is 2.22. The predicted octanol–water partition coefficient (Wildman–Crippen LogP) is 12.9. The molecule has 2 aliphatic carbocycles. The Bertz CT molecular complexity index is 2480. The quantitative estimate of drug-likeness (QED) is 0.110. The fourth-order valence-electron chi connectivity index (χ4n) is 7.59. The summed E-state index contributed by atoms with van der Waals surface area (Å²) in [5.74, 6) is 3.79. The second kappa shape index (κ2) is 21.6. The third-order valence-electron chi connectivity index (χ3n) is 10.9. The van der Waals surface area contributed by atoms with Crippen LogP contribution in [0, 0.1) is 23.2 Å². The molecule has 2 fully saturated rings. The van der Waals surface area contributed by atoms with Crippen molar-refractivity contribution in [2.75, 3.05) is 0 Å². The van der Waals surface area contributed by atoms with Crippen molar-refractivity contribution < 1.29 is 19.1 Å². The number of hydrogen-bond donors (Lipinski definition) is 0. The van der Waals surface area contributed by atoms with Gasteiger partial charge in [0.05, 0.1) is 5.56 Å². The number of Topliss-reactive ketones (excluding diaryl/α,β-unsaturated/α-hetero) is 2. The van der Waals surface area contributed by atoms with E-state index in [4.69, 9.17) is 14.7 Å². The number of pyridine rings is 4. The number of carbonyl (C=O) groups excluding carboxylic acids is 2. The second-order valence-electron chi connectivity index (χ2n) is 15.4. The largest absolute Gasteiger partial charge is 0.439 e. The third kappa shape index (κ3) is 13.2. The first kappa shape index (κ1) is 42.6. The van der Waals surface area contributed by atoms with Crippen molar-refractivity contribution in [3.63, 3.8) is 0 Å². The van der Waals surface area contributed by atoms with Crippen LogP contribution in [0.4, 0.5) is 0 Å². The van der Waals surface area contributed by atoms with Gasteiger partial charge < -0.3 is 9.47 Å². The molecule has 6 aromatic rings. The SMILES string of the molecule is N#Cc1ccc(Oc2cccc(C=C3CCC(CC(=O)c4cccnc4)CC3)c2)nc1.O=C(CC1CCC(=Cc2cccc(Oc3ccc(Br)cn3)c2)CC1)c1cccnc1. The molecule has 4 aromatic heterocycles. The van der Waals surface area contributed by atoms with Crippen LogP contribution in [0.25, 0.3) is 12.2 Å². The topological polar surface area (TPSA) is 128 Å². The summed E-state index contributed by atoms with van der Waals surface area (Å²) < 4.78 is 12.6. The maximum atomic E-state index is 12.4. The fraction of sp³-hybridized carbons (Fsp3) is 0.235. The van der Waals surface area contributed by atoms with Crippen molar-refractivity contribution in [1.82, 2.24) is 19.9 Å². The maximum Gasteiger partial charge on any atom is 0.219 e. The van der Waals surface area contributed by atoms with Gasteiger partial charge in [0.15, 0.2) is 11.6 Å². The van der Waals surface area contributed by atoms with E-state index < -0.39 is 0 Å². The summed E-state index contributed by atoms with van der Waals surface area (Å²) in [6, 6.07) is 32.5. The normalized spacial score (nSPS) is 15.9. The van der Waals surface area contributed by atoms with Crippen molar-refractivity contribution >= 4 is 39.6 Å². The summed E-state index contributed by atoms with van der Waals surface area (Å²) in [5, 5.41) is 8.87. The predicted molar refractivity (Wildman–Crippen MR) is 240 cm³/mol. The molecule has 10 heteroatoms. The van der Waals surface area contributed by atoms with E-state index in [9.17, 15) is 9.59 Å². The number of hydrogen-bond acceptors (Lipinski definition) is 9. The van der Waals surface area contributed by atoms with Gasteiger partial charge in [0, 0.05) is 77.8 Å². The van der Waals surface area contributed by atoms with Crippen molar-refractivity contribution in [2.45, 2.75) is 64.2 Å². The van der Waals surface area contributed by atoms with Gasteiger partial charge in [-0.3, -0.25) is 19.6 Å².